The Morgan fingerprint density at radius 2 is 2.21 bits per heavy atom. The number of carboxylic acids is 1. The monoisotopic (exact) mass is 298 g/mol. The first-order valence-electron chi connectivity index (χ1n) is 5.08. The van der Waals surface area contributed by atoms with Crippen LogP contribution in [0.2, 0.25) is 0 Å². The molecule has 0 aromatic rings. The average Bonchev–Trinajstić information content (AvgIpc) is 2.32. The summed E-state index contributed by atoms with van der Waals surface area (Å²) in [6.07, 6.45) is -4.58. The maximum atomic E-state index is 12.1. The molecular formula is C9H9F3N2O4S. The molecule has 0 aromatic carbocycles. The minimum atomic E-state index is -4.58. The van der Waals surface area contributed by atoms with Crippen LogP contribution in [0.3, 0.4) is 0 Å². The highest BCUT2D eigenvalue weighted by Gasteiger charge is 2.52. The van der Waals surface area contributed by atoms with E-state index >= 15 is 0 Å². The summed E-state index contributed by atoms with van der Waals surface area (Å²) in [5, 5.41) is 8.44. The molecule has 0 bridgehead atoms. The summed E-state index contributed by atoms with van der Waals surface area (Å²) in [6.45, 7) is -1.60. The number of alkyl halides is 3. The molecule has 1 fully saturated rings. The van der Waals surface area contributed by atoms with Gasteiger partial charge in [-0.05, 0) is 0 Å². The largest absolute Gasteiger partial charge is 0.485 e. The molecule has 19 heavy (non-hydrogen) atoms. The fourth-order valence-corrected chi connectivity index (χ4v) is 2.99. The van der Waals surface area contributed by atoms with Crippen LogP contribution in [-0.4, -0.2) is 51.8 Å². The molecule has 1 saturated heterocycles. The number of fused-ring (bicyclic) bond motifs is 1. The van der Waals surface area contributed by atoms with Crippen molar-refractivity contribution in [3.8, 4) is 0 Å². The lowest BCUT2D eigenvalue weighted by Crippen LogP contribution is -2.68. The second-order valence-electron chi connectivity index (χ2n) is 3.92. The van der Waals surface area contributed by atoms with Crippen molar-refractivity contribution in [2.75, 3.05) is 12.4 Å². The number of rotatable bonds is 3. The first-order chi connectivity index (χ1) is 8.72. The van der Waals surface area contributed by atoms with Gasteiger partial charge in [-0.3, -0.25) is 9.69 Å². The van der Waals surface area contributed by atoms with Crippen LogP contribution in [0.5, 0.6) is 0 Å². The lowest BCUT2D eigenvalue weighted by atomic mass is 10.1. The summed E-state index contributed by atoms with van der Waals surface area (Å²) in [7, 11) is 0. The number of thioether (sulfide) groups is 1. The molecule has 0 aromatic heterocycles. The summed E-state index contributed by atoms with van der Waals surface area (Å²) >= 11 is 1.07. The molecule has 2 heterocycles. The van der Waals surface area contributed by atoms with E-state index in [1.54, 1.807) is 0 Å². The van der Waals surface area contributed by atoms with E-state index in [1.807, 2.05) is 0 Å². The second kappa shape index (κ2) is 4.60. The van der Waals surface area contributed by atoms with Crippen molar-refractivity contribution in [1.82, 2.24) is 4.90 Å². The number of carbonyl (C=O) groups excluding carboxylic acids is 1. The predicted molar refractivity (Wildman–Crippen MR) is 57.7 cm³/mol. The third-order valence-corrected chi connectivity index (χ3v) is 3.86. The molecule has 2 aliphatic heterocycles. The highest BCUT2D eigenvalue weighted by atomic mass is 32.2. The van der Waals surface area contributed by atoms with Gasteiger partial charge in [0.25, 0.3) is 0 Å². The molecule has 0 radical (unpaired) electrons. The van der Waals surface area contributed by atoms with Gasteiger partial charge in [-0.2, -0.15) is 13.2 Å². The van der Waals surface area contributed by atoms with Crippen LogP contribution < -0.4 is 5.73 Å². The Hall–Kier alpha value is -1.42. The topological polar surface area (TPSA) is 92.9 Å². The summed E-state index contributed by atoms with van der Waals surface area (Å²) in [4.78, 5) is 23.4. The molecule has 6 nitrogen and oxygen atoms in total. The molecule has 106 valence electrons. The van der Waals surface area contributed by atoms with Crippen LogP contribution in [0.15, 0.2) is 11.5 Å². The van der Waals surface area contributed by atoms with Crippen molar-refractivity contribution < 1.29 is 32.6 Å². The molecule has 0 saturated carbocycles. The lowest BCUT2D eigenvalue weighted by molar-refractivity contribution is -0.166. The number of carbonyl (C=O) groups is 2. The van der Waals surface area contributed by atoms with Crippen LogP contribution in [0, 0.1) is 0 Å². The van der Waals surface area contributed by atoms with E-state index in [4.69, 9.17) is 10.8 Å². The minimum Gasteiger partial charge on any atom is -0.485 e. The number of hydrogen-bond acceptors (Lipinski definition) is 5. The maximum Gasteiger partial charge on any atom is 0.422 e. The number of halogens is 3. The lowest BCUT2D eigenvalue weighted by Gasteiger charge is -2.47. The number of carboxylic acid groups (broad SMARTS) is 1. The number of amides is 1. The van der Waals surface area contributed by atoms with Crippen molar-refractivity contribution in [3.05, 3.63) is 11.5 Å². The number of nitrogens with zero attached hydrogens (tertiary/aromatic N) is 1. The zero-order valence-corrected chi connectivity index (χ0v) is 10.1. The molecule has 2 atom stereocenters. The quantitative estimate of drug-likeness (QED) is 0.718. The molecule has 0 aliphatic carbocycles. The molecule has 0 spiro atoms. The number of β-lactam (4-membered cyclic amide) rings is 1. The zero-order valence-electron chi connectivity index (χ0n) is 9.31. The maximum absolute atomic E-state index is 12.1. The van der Waals surface area contributed by atoms with Gasteiger partial charge in [0.2, 0.25) is 5.91 Å². The smallest absolute Gasteiger partial charge is 0.422 e. The van der Waals surface area contributed by atoms with Crippen LogP contribution >= 0.6 is 11.8 Å². The average molecular weight is 298 g/mol. The van der Waals surface area contributed by atoms with E-state index in [2.05, 4.69) is 4.74 Å². The van der Waals surface area contributed by atoms with E-state index < -0.39 is 41.8 Å². The van der Waals surface area contributed by atoms with Gasteiger partial charge in [-0.15, -0.1) is 11.8 Å². The van der Waals surface area contributed by atoms with Crippen molar-refractivity contribution in [2.45, 2.75) is 17.6 Å². The molecular weight excluding hydrogens is 289 g/mol. The van der Waals surface area contributed by atoms with Gasteiger partial charge < -0.3 is 15.6 Å². The van der Waals surface area contributed by atoms with Gasteiger partial charge in [0.15, 0.2) is 12.3 Å². The molecule has 2 rings (SSSR count). The Labute approximate surface area is 109 Å². The Kier molecular flexibility index (Phi) is 3.39. The fraction of sp³-hybridized carbons (Fsp3) is 0.556. The van der Waals surface area contributed by atoms with Gasteiger partial charge in [-0.25, -0.2) is 4.79 Å². The summed E-state index contributed by atoms with van der Waals surface area (Å²) in [5.41, 5.74) is 4.92. The Morgan fingerprint density at radius 1 is 1.58 bits per heavy atom. The third-order valence-electron chi connectivity index (χ3n) is 2.59. The fourth-order valence-electron chi connectivity index (χ4n) is 1.77. The SMILES string of the molecule is N[C@@H]1C(=O)N2C(C(=O)O)=C(OCC(F)(F)F)CS[C@H]12. The number of aliphatic carboxylic acids is 1. The highest BCUT2D eigenvalue weighted by Crippen LogP contribution is 2.39. The summed E-state index contributed by atoms with van der Waals surface area (Å²) in [5.74, 6) is -2.59. The van der Waals surface area contributed by atoms with Gasteiger partial charge in [0, 0.05) is 0 Å². The van der Waals surface area contributed by atoms with Crippen LogP contribution in [-0.2, 0) is 14.3 Å². The number of nitrogens with two attached hydrogens (primary N) is 1. The minimum absolute atomic E-state index is 0.0696. The van der Waals surface area contributed by atoms with Crippen LogP contribution in [0.1, 0.15) is 0 Å². The summed E-state index contributed by atoms with van der Waals surface area (Å²) in [6, 6.07) is -0.830. The third kappa shape index (κ3) is 2.50. The molecule has 1 amide bonds. The van der Waals surface area contributed by atoms with E-state index in [-0.39, 0.29) is 11.5 Å². The predicted octanol–water partition coefficient (Wildman–Crippen LogP) is 0.104. The van der Waals surface area contributed by atoms with Crippen molar-refractivity contribution >= 4 is 23.6 Å². The van der Waals surface area contributed by atoms with Gasteiger partial charge in [-0.1, -0.05) is 0 Å². The van der Waals surface area contributed by atoms with E-state index in [0.29, 0.717) is 0 Å². The molecule has 0 unspecified atom stereocenters. The Morgan fingerprint density at radius 3 is 2.74 bits per heavy atom. The van der Waals surface area contributed by atoms with E-state index in [0.717, 1.165) is 16.7 Å². The standard InChI is InChI=1S/C9H9F3N2O4S/c10-9(11,12)2-18-3-1-19-7-4(13)6(15)14(7)5(3)8(16)17/h4,7H,1-2,13H2,(H,16,17)/t4-,7-/m1/s1. The first kappa shape index (κ1) is 14.0. The molecule has 3 N–H and O–H groups in total. The second-order valence-corrected chi connectivity index (χ2v) is 5.02. The van der Waals surface area contributed by atoms with Crippen molar-refractivity contribution in [3.63, 3.8) is 0 Å². The first-order valence-corrected chi connectivity index (χ1v) is 6.13. The van der Waals surface area contributed by atoms with Crippen molar-refractivity contribution in [2.24, 2.45) is 5.73 Å². The Balaban J connectivity index is 2.23. The highest BCUT2D eigenvalue weighted by molar-refractivity contribution is 8.00. The van der Waals surface area contributed by atoms with Crippen LogP contribution in [0.4, 0.5) is 13.2 Å². The number of hydrogen-bond donors (Lipinski definition) is 2. The van der Waals surface area contributed by atoms with Gasteiger partial charge in [0.1, 0.15) is 17.2 Å². The van der Waals surface area contributed by atoms with Gasteiger partial charge >= 0.3 is 12.1 Å². The van der Waals surface area contributed by atoms with E-state index in [1.165, 1.54) is 0 Å². The van der Waals surface area contributed by atoms with Gasteiger partial charge in [0.05, 0.1) is 5.75 Å². The zero-order chi connectivity index (χ0) is 14.4. The Bertz CT molecular complexity index is 465. The van der Waals surface area contributed by atoms with E-state index in [9.17, 15) is 22.8 Å². The molecule has 2 aliphatic rings. The van der Waals surface area contributed by atoms with Crippen LogP contribution in [0.25, 0.3) is 0 Å². The summed E-state index contributed by atoms with van der Waals surface area (Å²) < 4.78 is 40.7. The van der Waals surface area contributed by atoms with Crippen molar-refractivity contribution in [1.29, 1.82) is 0 Å². The molecule has 10 heteroatoms. The normalized spacial score (nSPS) is 26.9. The number of ether oxygens (including phenoxy) is 1.